The summed E-state index contributed by atoms with van der Waals surface area (Å²) in [5.74, 6) is -0.524. The van der Waals surface area contributed by atoms with Crippen LogP contribution < -0.4 is 17.0 Å². The smallest absolute Gasteiger partial charge is 0.340 e. The maximum Gasteiger partial charge on any atom is 0.340 e. The quantitative estimate of drug-likeness (QED) is 0.372. The molecule has 4 heterocycles. The van der Waals surface area contributed by atoms with Crippen molar-refractivity contribution in [2.24, 2.45) is 0 Å². The third-order valence-electron chi connectivity index (χ3n) is 5.36. The average Bonchev–Trinajstić information content (AvgIpc) is 2.98. The molecule has 0 amide bonds. The molecule has 4 rings (SSSR count). The van der Waals surface area contributed by atoms with Gasteiger partial charge in [-0.1, -0.05) is 6.07 Å². The molecule has 2 bridgehead atoms. The molecule has 5 nitrogen and oxygen atoms in total. The van der Waals surface area contributed by atoms with Gasteiger partial charge in [-0.3, -0.25) is 0 Å². The van der Waals surface area contributed by atoms with Crippen molar-refractivity contribution in [1.29, 1.82) is 0 Å². The van der Waals surface area contributed by atoms with Crippen molar-refractivity contribution in [3.63, 3.8) is 0 Å². The first kappa shape index (κ1) is 16.4. The van der Waals surface area contributed by atoms with Gasteiger partial charge in [0.25, 0.3) is 0 Å². The molecule has 122 valence electrons. The highest BCUT2D eigenvalue weighted by Gasteiger charge is 2.70. The molecule has 22 heavy (non-hydrogen) atoms. The minimum absolute atomic E-state index is 0. The maximum atomic E-state index is 12.1. The first-order chi connectivity index (χ1) is 9.98. The summed E-state index contributed by atoms with van der Waals surface area (Å²) in [5.41, 5.74) is 0. The number of aliphatic hydroxyl groups excluding tert-OH is 1. The molecule has 3 aliphatic rings. The number of thiophene rings is 1. The first-order valence-corrected chi connectivity index (χ1v) is 8.27. The summed E-state index contributed by atoms with van der Waals surface area (Å²) in [4.78, 5) is 12.7. The lowest BCUT2D eigenvalue weighted by molar-refractivity contribution is -0.938. The Balaban J connectivity index is 0.00000144. The number of carbonyl (C=O) groups excluding carboxylic acids is 1. The van der Waals surface area contributed by atoms with Crippen molar-refractivity contribution in [3.05, 3.63) is 22.4 Å². The number of halogens is 1. The van der Waals surface area contributed by atoms with Crippen LogP contribution in [-0.2, 0) is 14.3 Å². The van der Waals surface area contributed by atoms with Gasteiger partial charge in [-0.25, -0.2) is 4.79 Å². The van der Waals surface area contributed by atoms with Crippen LogP contribution >= 0.6 is 11.3 Å². The van der Waals surface area contributed by atoms with Crippen LogP contribution in [0, 0.1) is 0 Å². The summed E-state index contributed by atoms with van der Waals surface area (Å²) in [6.07, 6.45) is 1.09. The van der Waals surface area contributed by atoms with Crippen molar-refractivity contribution < 1.29 is 40.8 Å². The zero-order valence-corrected chi connectivity index (χ0v) is 14.9. The van der Waals surface area contributed by atoms with Crippen LogP contribution in [0.5, 0.6) is 0 Å². The van der Waals surface area contributed by atoms with Gasteiger partial charge in [-0.2, -0.15) is 0 Å². The van der Waals surface area contributed by atoms with E-state index in [-0.39, 0.29) is 23.1 Å². The Kier molecular flexibility index (Phi) is 4.14. The fraction of sp³-hybridized carbons (Fsp3) is 0.667. The number of carbonyl (C=O) groups is 1. The lowest BCUT2D eigenvalue weighted by Crippen LogP contribution is -3.00. The van der Waals surface area contributed by atoms with Gasteiger partial charge in [0.05, 0.1) is 14.1 Å². The first-order valence-electron chi connectivity index (χ1n) is 7.39. The Morgan fingerprint density at radius 3 is 2.59 bits per heavy atom. The van der Waals surface area contributed by atoms with E-state index in [1.807, 2.05) is 11.4 Å². The monoisotopic (exact) mass is 389 g/mol. The van der Waals surface area contributed by atoms with Crippen molar-refractivity contribution in [2.45, 2.75) is 49.3 Å². The highest BCUT2D eigenvalue weighted by molar-refractivity contribution is 7.10. The number of nitrogens with zero attached hydrogens (tertiary/aromatic N) is 1. The Morgan fingerprint density at radius 1 is 1.41 bits per heavy atom. The number of epoxide rings is 1. The molecule has 0 aromatic carbocycles. The van der Waals surface area contributed by atoms with Gasteiger partial charge in [-0.15, -0.1) is 11.3 Å². The molecule has 0 aliphatic carbocycles. The number of hydrogen-bond donors (Lipinski definition) is 1. The number of hydrogen-bond acceptors (Lipinski definition) is 5. The number of ether oxygens (including phenoxy) is 2. The molecule has 1 N–H and O–H groups in total. The standard InChI is InChI=1S/C15H20NO4S.BrH/c1-16(2)9-6-8(7-10(16)14-13(9)20-14)19-15(18)12(17)11-4-3-5-21-11;/h3-5,8-10,12-14,17H,6-7H2,1-2H3;1H/q+1;/p-1/t8?,9-,10+,12?,13-,14+;. The Bertz CT molecular complexity index is 544. The van der Waals surface area contributed by atoms with Crippen LogP contribution in [0.2, 0.25) is 0 Å². The van der Waals surface area contributed by atoms with Crippen LogP contribution in [0.25, 0.3) is 0 Å². The second-order valence-electron chi connectivity index (χ2n) is 6.78. The molecule has 6 atom stereocenters. The number of quaternary nitrogens is 1. The third kappa shape index (κ3) is 2.43. The molecule has 0 saturated carbocycles. The number of aliphatic hydroxyl groups is 1. The summed E-state index contributed by atoms with van der Waals surface area (Å²) in [7, 11) is 4.48. The Hall–Kier alpha value is -0.470. The summed E-state index contributed by atoms with van der Waals surface area (Å²) in [6, 6.07) is 4.39. The molecule has 1 aromatic rings. The summed E-state index contributed by atoms with van der Waals surface area (Å²) < 4.78 is 12.3. The van der Waals surface area contributed by atoms with Gasteiger partial charge in [0.2, 0.25) is 0 Å². The van der Waals surface area contributed by atoms with Gasteiger partial charge < -0.3 is 36.0 Å². The molecule has 3 fully saturated rings. The van der Waals surface area contributed by atoms with Crippen molar-refractivity contribution >= 4 is 17.3 Å². The van der Waals surface area contributed by atoms with E-state index in [0.29, 0.717) is 29.2 Å². The molecule has 2 unspecified atom stereocenters. The summed E-state index contributed by atoms with van der Waals surface area (Å²) in [5, 5.41) is 11.9. The van der Waals surface area contributed by atoms with Crippen LogP contribution in [0.3, 0.4) is 0 Å². The SMILES string of the molecule is C[N+]1(C)[C@@H]2CC(OC(=O)C(O)c3cccs3)C[C@H]1[C@@H]1O[C@@H]12.[Br-]. The molecule has 1 aromatic heterocycles. The number of morpholine rings is 1. The topological polar surface area (TPSA) is 59.1 Å². The molecule has 3 saturated heterocycles. The highest BCUT2D eigenvalue weighted by atomic mass is 79.9. The molecule has 3 aliphatic heterocycles. The van der Waals surface area contributed by atoms with E-state index in [0.717, 1.165) is 17.3 Å². The van der Waals surface area contributed by atoms with E-state index in [1.165, 1.54) is 11.3 Å². The fourth-order valence-electron chi connectivity index (χ4n) is 4.09. The fourth-order valence-corrected chi connectivity index (χ4v) is 4.79. The van der Waals surface area contributed by atoms with Crippen molar-refractivity contribution in [1.82, 2.24) is 0 Å². The zero-order chi connectivity index (χ0) is 14.8. The molecular formula is C15H20BrNO4S. The lowest BCUT2D eigenvalue weighted by atomic mass is 9.96. The number of fused-ring (bicyclic) bond motifs is 5. The Labute approximate surface area is 144 Å². The minimum atomic E-state index is -1.15. The van der Waals surface area contributed by atoms with E-state index in [4.69, 9.17) is 9.47 Å². The van der Waals surface area contributed by atoms with E-state index in [2.05, 4.69) is 14.1 Å². The molecule has 7 heteroatoms. The van der Waals surface area contributed by atoms with E-state index in [1.54, 1.807) is 6.07 Å². The lowest BCUT2D eigenvalue weighted by Gasteiger charge is -2.45. The van der Waals surface area contributed by atoms with Gasteiger partial charge in [0.1, 0.15) is 30.4 Å². The minimum Gasteiger partial charge on any atom is -1.00 e. The number of likely N-dealkylation sites (N-methyl/N-ethyl adjacent to an activating group) is 1. The van der Waals surface area contributed by atoms with Gasteiger partial charge in [-0.05, 0) is 11.4 Å². The maximum absolute atomic E-state index is 12.1. The number of piperidine rings is 1. The molecular weight excluding hydrogens is 370 g/mol. The van der Waals surface area contributed by atoms with E-state index in [9.17, 15) is 9.90 Å². The summed E-state index contributed by atoms with van der Waals surface area (Å²) in [6.45, 7) is 0. The third-order valence-corrected chi connectivity index (χ3v) is 6.28. The highest BCUT2D eigenvalue weighted by Crippen LogP contribution is 2.51. The van der Waals surface area contributed by atoms with Crippen molar-refractivity contribution in [3.8, 4) is 0 Å². The predicted octanol–water partition coefficient (Wildman–Crippen LogP) is -1.91. The van der Waals surface area contributed by atoms with E-state index < -0.39 is 12.1 Å². The second-order valence-corrected chi connectivity index (χ2v) is 7.76. The van der Waals surface area contributed by atoms with Crippen LogP contribution in [0.1, 0.15) is 23.8 Å². The molecule has 0 spiro atoms. The molecule has 0 radical (unpaired) electrons. The van der Waals surface area contributed by atoms with Crippen LogP contribution in [-0.4, -0.2) is 60.0 Å². The van der Waals surface area contributed by atoms with E-state index >= 15 is 0 Å². The normalized spacial score (nSPS) is 38.6. The largest absolute Gasteiger partial charge is 1.00 e. The van der Waals surface area contributed by atoms with Gasteiger partial charge >= 0.3 is 5.97 Å². The second kappa shape index (κ2) is 5.56. The van der Waals surface area contributed by atoms with Crippen molar-refractivity contribution in [2.75, 3.05) is 14.1 Å². The Morgan fingerprint density at radius 2 is 2.05 bits per heavy atom. The number of esters is 1. The van der Waals surface area contributed by atoms with Gasteiger partial charge in [0.15, 0.2) is 6.10 Å². The van der Waals surface area contributed by atoms with Crippen LogP contribution in [0.15, 0.2) is 17.5 Å². The summed E-state index contributed by atoms with van der Waals surface area (Å²) >= 11 is 1.37. The van der Waals surface area contributed by atoms with Gasteiger partial charge in [0, 0.05) is 17.7 Å². The zero-order valence-electron chi connectivity index (χ0n) is 12.5. The average molecular weight is 390 g/mol. The number of rotatable bonds is 3. The predicted molar refractivity (Wildman–Crippen MR) is 76.7 cm³/mol. The van der Waals surface area contributed by atoms with Crippen LogP contribution in [0.4, 0.5) is 0 Å².